The maximum atomic E-state index is 12.7. The molecule has 5 heterocycles. The van der Waals surface area contributed by atoms with Crippen LogP contribution < -0.4 is 19.5 Å². The number of fused-ring (bicyclic) bond motifs is 5. The zero-order chi connectivity index (χ0) is 22.2. The van der Waals surface area contributed by atoms with E-state index < -0.39 is 0 Å². The molecule has 0 spiro atoms. The van der Waals surface area contributed by atoms with Gasteiger partial charge in [0.1, 0.15) is 11.9 Å². The minimum atomic E-state index is -0.321. The van der Waals surface area contributed by atoms with Crippen LogP contribution in [0, 0.1) is 5.92 Å². The van der Waals surface area contributed by atoms with Gasteiger partial charge in [-0.2, -0.15) is 0 Å². The van der Waals surface area contributed by atoms with Crippen molar-refractivity contribution in [2.75, 3.05) is 39.5 Å². The van der Waals surface area contributed by atoms with E-state index >= 15 is 0 Å². The fourth-order valence-electron chi connectivity index (χ4n) is 5.42. The highest BCUT2D eigenvalue weighted by Crippen LogP contribution is 2.39. The van der Waals surface area contributed by atoms with Gasteiger partial charge >= 0.3 is 6.09 Å². The van der Waals surface area contributed by atoms with Gasteiger partial charge in [0, 0.05) is 24.9 Å². The number of benzene rings is 2. The summed E-state index contributed by atoms with van der Waals surface area (Å²) in [5, 5.41) is 3.09. The summed E-state index contributed by atoms with van der Waals surface area (Å²) in [4.78, 5) is 15.1. The van der Waals surface area contributed by atoms with Crippen LogP contribution in [-0.4, -0.2) is 56.6 Å². The third-order valence-electron chi connectivity index (χ3n) is 7.28. The molecule has 0 aliphatic carbocycles. The van der Waals surface area contributed by atoms with Gasteiger partial charge in [0.15, 0.2) is 11.5 Å². The highest BCUT2D eigenvalue weighted by Gasteiger charge is 2.37. The first kappa shape index (κ1) is 20.7. The van der Waals surface area contributed by atoms with Gasteiger partial charge in [0.2, 0.25) is 0 Å². The Balaban J connectivity index is 1.16. The molecule has 7 rings (SSSR count). The number of alkyl carbamates (subject to hydrolysis) is 1. The van der Waals surface area contributed by atoms with Crippen molar-refractivity contribution in [3.05, 3.63) is 42.0 Å². The van der Waals surface area contributed by atoms with Crippen molar-refractivity contribution in [3.8, 4) is 28.4 Å². The van der Waals surface area contributed by atoms with Crippen molar-refractivity contribution in [3.63, 3.8) is 0 Å². The molecule has 3 saturated heterocycles. The molecule has 1 amide bonds. The molecular weight excluding hydrogens is 420 g/mol. The van der Waals surface area contributed by atoms with E-state index in [0.717, 1.165) is 79.3 Å². The lowest BCUT2D eigenvalue weighted by Gasteiger charge is -2.44. The van der Waals surface area contributed by atoms with Gasteiger partial charge in [-0.3, -0.25) is 4.90 Å². The molecule has 2 aromatic carbocycles. The number of nitrogens with one attached hydrogen (secondary N) is 1. The lowest BCUT2D eigenvalue weighted by molar-refractivity contribution is -0.0342. The summed E-state index contributed by atoms with van der Waals surface area (Å²) in [6, 6.07) is 12.1. The Bertz CT molecular complexity index is 1030. The Labute approximate surface area is 193 Å². The Morgan fingerprint density at radius 3 is 2.39 bits per heavy atom. The summed E-state index contributed by atoms with van der Waals surface area (Å²) in [5.41, 5.74) is 3.08. The number of nitrogens with zero attached hydrogens (tertiary/aromatic N) is 1. The first-order chi connectivity index (χ1) is 16.2. The number of hydrogen-bond acceptors (Lipinski definition) is 6. The lowest BCUT2D eigenvalue weighted by Crippen LogP contribution is -2.52. The topological polar surface area (TPSA) is 69.3 Å². The predicted molar refractivity (Wildman–Crippen MR) is 123 cm³/mol. The van der Waals surface area contributed by atoms with Crippen LogP contribution in [0.25, 0.3) is 11.1 Å². The molecular formula is C26H30N2O5. The molecule has 0 saturated carbocycles. The number of amides is 1. The van der Waals surface area contributed by atoms with Crippen LogP contribution >= 0.6 is 0 Å². The van der Waals surface area contributed by atoms with Crippen LogP contribution in [0.2, 0.25) is 0 Å². The van der Waals surface area contributed by atoms with E-state index in [1.807, 2.05) is 30.3 Å². The molecule has 7 nitrogen and oxygen atoms in total. The Hall–Kier alpha value is -2.93. The zero-order valence-electron chi connectivity index (χ0n) is 18.8. The monoisotopic (exact) mass is 450 g/mol. The van der Waals surface area contributed by atoms with Crippen LogP contribution in [-0.2, 0) is 4.74 Å². The number of carbonyl (C=O) groups is 1. The average Bonchev–Trinajstić information content (AvgIpc) is 3.09. The van der Waals surface area contributed by atoms with Crippen LogP contribution in [0.5, 0.6) is 17.2 Å². The second kappa shape index (κ2) is 8.78. The summed E-state index contributed by atoms with van der Waals surface area (Å²) in [5.74, 6) is 2.87. The number of hydrogen-bond donors (Lipinski definition) is 1. The van der Waals surface area contributed by atoms with Crippen molar-refractivity contribution in [2.24, 2.45) is 5.92 Å². The van der Waals surface area contributed by atoms with Crippen molar-refractivity contribution >= 4 is 6.09 Å². The highest BCUT2D eigenvalue weighted by molar-refractivity contribution is 5.71. The number of rotatable bonds is 3. The number of piperidine rings is 3. The summed E-state index contributed by atoms with van der Waals surface area (Å²) < 4.78 is 23.4. The first-order valence-electron chi connectivity index (χ1n) is 12.1. The maximum Gasteiger partial charge on any atom is 0.407 e. The van der Waals surface area contributed by atoms with E-state index in [1.54, 1.807) is 0 Å². The van der Waals surface area contributed by atoms with Crippen LogP contribution in [0.3, 0.4) is 0 Å². The summed E-state index contributed by atoms with van der Waals surface area (Å²) in [7, 11) is 0. The molecule has 33 heavy (non-hydrogen) atoms. The van der Waals surface area contributed by atoms with Gasteiger partial charge < -0.3 is 24.3 Å². The first-order valence-corrected chi connectivity index (χ1v) is 12.1. The number of carbonyl (C=O) groups excluding carboxylic acids is 1. The zero-order valence-corrected chi connectivity index (χ0v) is 18.8. The molecule has 1 N–H and O–H groups in total. The fourth-order valence-corrected chi connectivity index (χ4v) is 5.42. The van der Waals surface area contributed by atoms with Crippen molar-refractivity contribution < 1.29 is 23.7 Å². The summed E-state index contributed by atoms with van der Waals surface area (Å²) in [6.07, 6.45) is 3.55. The van der Waals surface area contributed by atoms with Crippen molar-refractivity contribution in [1.29, 1.82) is 0 Å². The number of ether oxygens (including phenoxy) is 4. The Morgan fingerprint density at radius 2 is 1.61 bits per heavy atom. The summed E-state index contributed by atoms with van der Waals surface area (Å²) in [6.45, 7) is 5.02. The van der Waals surface area contributed by atoms with Crippen LogP contribution in [0.1, 0.15) is 37.3 Å². The normalized spacial score (nSPS) is 27.6. The van der Waals surface area contributed by atoms with Gasteiger partial charge in [-0.1, -0.05) is 18.2 Å². The smallest absolute Gasteiger partial charge is 0.407 e. The van der Waals surface area contributed by atoms with E-state index in [-0.39, 0.29) is 18.2 Å². The Kier molecular flexibility index (Phi) is 5.50. The molecule has 0 aromatic heterocycles. The minimum Gasteiger partial charge on any atom is -0.493 e. The van der Waals surface area contributed by atoms with Gasteiger partial charge in [-0.05, 0) is 61.2 Å². The fraction of sp³-hybridized carbons (Fsp3) is 0.500. The molecule has 7 heteroatoms. The highest BCUT2D eigenvalue weighted by atomic mass is 16.6. The van der Waals surface area contributed by atoms with Crippen LogP contribution in [0.4, 0.5) is 4.79 Å². The van der Waals surface area contributed by atoms with Gasteiger partial charge in [0.05, 0.1) is 25.9 Å². The maximum absolute atomic E-state index is 12.7. The van der Waals surface area contributed by atoms with Gasteiger partial charge in [-0.25, -0.2) is 4.79 Å². The van der Waals surface area contributed by atoms with Crippen molar-refractivity contribution in [2.45, 2.75) is 37.8 Å². The molecule has 3 fully saturated rings. The molecule has 174 valence electrons. The minimum absolute atomic E-state index is 0.00796. The quantitative estimate of drug-likeness (QED) is 0.757. The van der Waals surface area contributed by atoms with E-state index in [0.29, 0.717) is 25.7 Å². The van der Waals surface area contributed by atoms with E-state index in [9.17, 15) is 4.79 Å². The van der Waals surface area contributed by atoms with Crippen molar-refractivity contribution in [1.82, 2.24) is 10.2 Å². The largest absolute Gasteiger partial charge is 0.493 e. The molecule has 2 bridgehead atoms. The summed E-state index contributed by atoms with van der Waals surface area (Å²) >= 11 is 0. The Morgan fingerprint density at radius 1 is 0.879 bits per heavy atom. The predicted octanol–water partition coefficient (Wildman–Crippen LogP) is 4.16. The molecule has 2 aromatic rings. The van der Waals surface area contributed by atoms with Crippen LogP contribution in [0.15, 0.2) is 36.4 Å². The molecule has 1 unspecified atom stereocenters. The van der Waals surface area contributed by atoms with E-state index in [4.69, 9.17) is 18.9 Å². The second-order valence-electron chi connectivity index (χ2n) is 9.38. The van der Waals surface area contributed by atoms with Gasteiger partial charge in [0.25, 0.3) is 0 Å². The van der Waals surface area contributed by atoms with E-state index in [2.05, 4.69) is 16.3 Å². The third kappa shape index (κ3) is 4.22. The standard InChI is InChI=1S/C26H30N2O5/c29-26(33-25-16-28-9-6-17(25)7-10-28)27-21-8-13-32-23-14-18(2-4-20(21)23)19-3-5-22-24(15-19)31-12-1-11-30-22/h2-5,14-15,17,21,25H,1,6-13,16H2,(H,27,29)/t21?,25-/m1/s1. The lowest BCUT2D eigenvalue weighted by atomic mass is 9.86. The van der Waals surface area contributed by atoms with E-state index in [1.165, 1.54) is 0 Å². The SMILES string of the molecule is O=C(NC1CCOc2cc(-c3ccc4c(c3)OCCCO4)ccc21)O[C@@H]1CN2CCC1CC2. The average molecular weight is 451 g/mol. The molecule has 5 aliphatic rings. The molecule has 2 atom stereocenters. The second-order valence-corrected chi connectivity index (χ2v) is 9.38. The molecule has 5 aliphatic heterocycles. The molecule has 0 radical (unpaired) electrons. The van der Waals surface area contributed by atoms with Gasteiger partial charge in [-0.15, -0.1) is 0 Å². The third-order valence-corrected chi connectivity index (χ3v) is 7.28.